The second-order valence-corrected chi connectivity index (χ2v) is 4.60. The van der Waals surface area contributed by atoms with Gasteiger partial charge in [-0.1, -0.05) is 6.07 Å². The Morgan fingerprint density at radius 1 is 1.33 bits per heavy atom. The minimum atomic E-state index is -0.181. The van der Waals surface area contributed by atoms with Crippen LogP contribution in [0.15, 0.2) is 47.1 Å². The van der Waals surface area contributed by atoms with Gasteiger partial charge in [-0.25, -0.2) is 0 Å². The highest BCUT2D eigenvalue weighted by Crippen LogP contribution is 2.19. The van der Waals surface area contributed by atoms with E-state index in [2.05, 4.69) is 26.2 Å². The zero-order valence-electron chi connectivity index (χ0n) is 9.56. The third-order valence-corrected chi connectivity index (χ3v) is 3.08. The fourth-order valence-corrected chi connectivity index (χ4v) is 1.91. The number of carbonyl (C=O) groups excluding carboxylic acids is 1. The Balaban J connectivity index is 2.06. The molecule has 1 aromatic heterocycles. The van der Waals surface area contributed by atoms with Crippen molar-refractivity contribution < 1.29 is 4.79 Å². The lowest BCUT2D eigenvalue weighted by Gasteiger charge is -2.07. The molecular formula is C13H12BrN3O. The molecule has 1 heterocycles. The van der Waals surface area contributed by atoms with Gasteiger partial charge in [0.05, 0.1) is 17.8 Å². The molecule has 0 spiro atoms. The van der Waals surface area contributed by atoms with Crippen molar-refractivity contribution in [3.8, 4) is 0 Å². The Labute approximate surface area is 113 Å². The summed E-state index contributed by atoms with van der Waals surface area (Å²) < 4.78 is 0.718. The smallest absolute Gasteiger partial charge is 0.252 e. The number of amides is 1. The molecule has 92 valence electrons. The number of pyridine rings is 1. The van der Waals surface area contributed by atoms with Gasteiger partial charge >= 0.3 is 0 Å². The van der Waals surface area contributed by atoms with E-state index in [1.165, 1.54) is 0 Å². The average molecular weight is 306 g/mol. The number of nitrogens with one attached hydrogen (secondary N) is 1. The van der Waals surface area contributed by atoms with Gasteiger partial charge in [0.2, 0.25) is 0 Å². The summed E-state index contributed by atoms with van der Waals surface area (Å²) in [7, 11) is 0. The van der Waals surface area contributed by atoms with Gasteiger partial charge in [0, 0.05) is 16.4 Å². The maximum absolute atomic E-state index is 12.0. The zero-order valence-corrected chi connectivity index (χ0v) is 11.1. The van der Waals surface area contributed by atoms with Crippen LogP contribution in [-0.4, -0.2) is 10.9 Å². The predicted molar refractivity (Wildman–Crippen MR) is 74.0 cm³/mol. The molecule has 0 saturated carbocycles. The van der Waals surface area contributed by atoms with E-state index in [1.54, 1.807) is 24.4 Å². The molecule has 0 unspecified atom stereocenters. The molecule has 3 N–H and O–H groups in total. The predicted octanol–water partition coefficient (Wildman–Crippen LogP) is 2.36. The minimum absolute atomic E-state index is 0.181. The van der Waals surface area contributed by atoms with E-state index >= 15 is 0 Å². The van der Waals surface area contributed by atoms with Crippen LogP contribution in [-0.2, 0) is 6.54 Å². The van der Waals surface area contributed by atoms with Crippen molar-refractivity contribution in [2.24, 2.45) is 0 Å². The number of aromatic nitrogens is 1. The first-order valence-electron chi connectivity index (χ1n) is 5.40. The van der Waals surface area contributed by atoms with Gasteiger partial charge in [0.15, 0.2) is 0 Å². The highest BCUT2D eigenvalue weighted by molar-refractivity contribution is 9.10. The molecule has 0 aliphatic heterocycles. The standard InChI is InChI=1S/C13H12BrN3O/c14-12-5-4-9(15)7-11(12)13(18)17-8-10-3-1-2-6-16-10/h1-7H,8,15H2,(H,17,18). The minimum Gasteiger partial charge on any atom is -0.399 e. The van der Waals surface area contributed by atoms with Crippen LogP contribution in [0.2, 0.25) is 0 Å². The Hall–Kier alpha value is -1.88. The van der Waals surface area contributed by atoms with Gasteiger partial charge in [0.1, 0.15) is 0 Å². The van der Waals surface area contributed by atoms with Crippen molar-refractivity contribution in [1.29, 1.82) is 0 Å². The molecule has 5 heteroatoms. The van der Waals surface area contributed by atoms with Crippen molar-refractivity contribution in [1.82, 2.24) is 10.3 Å². The van der Waals surface area contributed by atoms with Gasteiger partial charge in [-0.05, 0) is 46.3 Å². The number of nitrogens with zero attached hydrogens (tertiary/aromatic N) is 1. The van der Waals surface area contributed by atoms with Crippen LogP contribution in [0, 0.1) is 0 Å². The first-order valence-corrected chi connectivity index (χ1v) is 6.19. The van der Waals surface area contributed by atoms with E-state index in [0.717, 1.165) is 10.2 Å². The lowest BCUT2D eigenvalue weighted by atomic mass is 10.2. The van der Waals surface area contributed by atoms with E-state index in [1.807, 2.05) is 18.2 Å². The molecule has 0 aliphatic rings. The zero-order chi connectivity index (χ0) is 13.0. The summed E-state index contributed by atoms with van der Waals surface area (Å²) in [5, 5.41) is 2.80. The molecule has 0 bridgehead atoms. The van der Waals surface area contributed by atoms with E-state index in [4.69, 9.17) is 5.73 Å². The van der Waals surface area contributed by atoms with E-state index in [9.17, 15) is 4.79 Å². The Morgan fingerprint density at radius 3 is 2.89 bits per heavy atom. The molecule has 18 heavy (non-hydrogen) atoms. The maximum atomic E-state index is 12.0. The first-order chi connectivity index (χ1) is 8.66. The van der Waals surface area contributed by atoms with Gasteiger partial charge in [-0.2, -0.15) is 0 Å². The van der Waals surface area contributed by atoms with Crippen LogP contribution in [0.5, 0.6) is 0 Å². The van der Waals surface area contributed by atoms with Crippen molar-refractivity contribution in [3.05, 3.63) is 58.3 Å². The van der Waals surface area contributed by atoms with Crippen LogP contribution >= 0.6 is 15.9 Å². The molecule has 2 aromatic rings. The highest BCUT2D eigenvalue weighted by atomic mass is 79.9. The summed E-state index contributed by atoms with van der Waals surface area (Å²) in [5.74, 6) is -0.181. The average Bonchev–Trinajstić information content (AvgIpc) is 2.40. The number of nitrogen functional groups attached to an aromatic ring is 1. The largest absolute Gasteiger partial charge is 0.399 e. The second-order valence-electron chi connectivity index (χ2n) is 3.74. The van der Waals surface area contributed by atoms with Crippen LogP contribution in [0.1, 0.15) is 16.1 Å². The number of hydrogen-bond acceptors (Lipinski definition) is 3. The number of nitrogens with two attached hydrogens (primary N) is 1. The Morgan fingerprint density at radius 2 is 2.17 bits per heavy atom. The summed E-state index contributed by atoms with van der Waals surface area (Å²) >= 11 is 3.33. The summed E-state index contributed by atoms with van der Waals surface area (Å²) in [6, 6.07) is 10.7. The number of benzene rings is 1. The van der Waals surface area contributed by atoms with Crippen molar-refractivity contribution >= 4 is 27.5 Å². The molecule has 0 fully saturated rings. The first kappa shape index (κ1) is 12.6. The van der Waals surface area contributed by atoms with E-state index in [-0.39, 0.29) is 5.91 Å². The van der Waals surface area contributed by atoms with Crippen molar-refractivity contribution in [3.63, 3.8) is 0 Å². The van der Waals surface area contributed by atoms with E-state index < -0.39 is 0 Å². The topological polar surface area (TPSA) is 68.0 Å². The fraction of sp³-hybridized carbons (Fsp3) is 0.0769. The lowest BCUT2D eigenvalue weighted by Crippen LogP contribution is -2.23. The van der Waals surface area contributed by atoms with Gasteiger partial charge in [-0.15, -0.1) is 0 Å². The molecule has 2 rings (SSSR count). The maximum Gasteiger partial charge on any atom is 0.252 e. The Bertz CT molecular complexity index is 557. The molecule has 1 aromatic carbocycles. The third-order valence-electron chi connectivity index (χ3n) is 2.39. The summed E-state index contributed by atoms with van der Waals surface area (Å²) in [6.07, 6.45) is 1.69. The SMILES string of the molecule is Nc1ccc(Br)c(C(=O)NCc2ccccn2)c1. The molecule has 0 atom stereocenters. The number of anilines is 1. The number of hydrogen-bond donors (Lipinski definition) is 2. The third kappa shape index (κ3) is 3.07. The molecule has 0 aliphatic carbocycles. The molecule has 0 radical (unpaired) electrons. The number of carbonyl (C=O) groups is 1. The van der Waals surface area contributed by atoms with Crippen molar-refractivity contribution in [2.45, 2.75) is 6.54 Å². The molecule has 1 amide bonds. The normalized spacial score (nSPS) is 10.1. The van der Waals surface area contributed by atoms with E-state index in [0.29, 0.717) is 17.8 Å². The summed E-state index contributed by atoms with van der Waals surface area (Å²) in [4.78, 5) is 16.1. The highest BCUT2D eigenvalue weighted by Gasteiger charge is 2.10. The lowest BCUT2D eigenvalue weighted by molar-refractivity contribution is 0.0949. The van der Waals surface area contributed by atoms with Crippen LogP contribution in [0.3, 0.4) is 0 Å². The van der Waals surface area contributed by atoms with Gasteiger partial charge in [0.25, 0.3) is 5.91 Å². The fourth-order valence-electron chi connectivity index (χ4n) is 1.49. The van der Waals surface area contributed by atoms with Crippen LogP contribution in [0.4, 0.5) is 5.69 Å². The molecular weight excluding hydrogens is 294 g/mol. The van der Waals surface area contributed by atoms with Crippen molar-refractivity contribution in [2.75, 3.05) is 5.73 Å². The molecule has 0 saturated heterocycles. The monoisotopic (exact) mass is 305 g/mol. The van der Waals surface area contributed by atoms with Crippen LogP contribution < -0.4 is 11.1 Å². The number of halogens is 1. The van der Waals surface area contributed by atoms with Gasteiger partial charge in [-0.3, -0.25) is 9.78 Å². The van der Waals surface area contributed by atoms with Gasteiger partial charge < -0.3 is 11.1 Å². The summed E-state index contributed by atoms with van der Waals surface area (Å²) in [5.41, 5.74) is 7.55. The Kier molecular flexibility index (Phi) is 3.94. The van der Waals surface area contributed by atoms with Crippen LogP contribution in [0.25, 0.3) is 0 Å². The number of rotatable bonds is 3. The summed E-state index contributed by atoms with van der Waals surface area (Å²) in [6.45, 7) is 0.390. The second kappa shape index (κ2) is 5.64. The molecule has 4 nitrogen and oxygen atoms in total. The quantitative estimate of drug-likeness (QED) is 0.855.